The number of esters is 2. The maximum absolute atomic E-state index is 12.4. The Morgan fingerprint density at radius 1 is 0.319 bits per heavy atom. The zero-order valence-corrected chi connectivity index (χ0v) is 81.8. The van der Waals surface area contributed by atoms with Crippen molar-refractivity contribution in [3.8, 4) is 11.1 Å². The summed E-state index contributed by atoms with van der Waals surface area (Å²) in [6.45, 7) is 8.14. The molecule has 0 aliphatic carbocycles. The minimum absolute atomic E-state index is 0. The van der Waals surface area contributed by atoms with Crippen LogP contribution in [0.1, 0.15) is 48.4 Å². The van der Waals surface area contributed by atoms with Crippen LogP contribution in [-0.4, -0.2) is 74.8 Å². The molecular formula is C114H98BBrN6O8P4Pd. The molecule has 135 heavy (non-hydrogen) atoms. The number of methoxy groups -OCH3 is 2. The van der Waals surface area contributed by atoms with E-state index < -0.39 is 43.6 Å². The van der Waals surface area contributed by atoms with Gasteiger partial charge in [0.2, 0.25) is 0 Å². The summed E-state index contributed by atoms with van der Waals surface area (Å²) >= 11 is 3.39. The molecule has 14 nitrogen and oxygen atoms in total. The monoisotopic (exact) mass is 2000 g/mol. The van der Waals surface area contributed by atoms with Crippen LogP contribution in [0.25, 0.3) is 54.2 Å². The molecule has 1 aliphatic rings. The van der Waals surface area contributed by atoms with E-state index in [1.807, 2.05) is 58.0 Å². The number of carbonyl (C=O) groups excluding carboxylic acids is 2. The number of nitrogens with one attached hydrogen (secondary N) is 4. The van der Waals surface area contributed by atoms with Crippen molar-refractivity contribution in [3.63, 3.8) is 0 Å². The third kappa shape index (κ3) is 24.8. The molecule has 21 rings (SSSR count). The quantitative estimate of drug-likeness (QED) is 0.0313. The fraction of sp³-hybridized carbons (Fsp3) is 0.0702. The van der Waals surface area contributed by atoms with Crippen molar-refractivity contribution >= 4 is 179 Å². The number of aromatic nitrogens is 6. The molecule has 0 saturated carbocycles. The molecule has 16 aromatic carbocycles. The van der Waals surface area contributed by atoms with Gasteiger partial charge in [-0.3, -0.25) is 19.8 Å². The second-order valence-corrected chi connectivity index (χ2v) is 41.6. The Kier molecular flexibility index (Phi) is 34.8. The van der Waals surface area contributed by atoms with Gasteiger partial charge >= 0.3 is 19.1 Å². The first-order valence-electron chi connectivity index (χ1n) is 43.7. The van der Waals surface area contributed by atoms with Gasteiger partial charge in [-0.15, -0.1) is 0 Å². The van der Waals surface area contributed by atoms with Crippen LogP contribution in [0, 0.1) is 0 Å². The van der Waals surface area contributed by atoms with Gasteiger partial charge < -0.3 is 28.8 Å². The van der Waals surface area contributed by atoms with Crippen molar-refractivity contribution in [3.05, 3.63) is 498 Å². The number of nitrogens with zero attached hydrogens (tertiary/aromatic N) is 2. The van der Waals surface area contributed by atoms with E-state index in [1.165, 1.54) is 77.9 Å². The molecule has 0 amide bonds. The molecule has 1 fully saturated rings. The minimum atomic E-state index is -0.446. The van der Waals surface area contributed by atoms with Crippen LogP contribution in [0.5, 0.6) is 0 Å². The maximum Gasteiger partial charge on any atom is 0.498 e. The zero-order chi connectivity index (χ0) is 93.0. The molecule has 0 unspecified atom stereocenters. The molecule has 4 aromatic heterocycles. The summed E-state index contributed by atoms with van der Waals surface area (Å²) < 4.78 is 22.2. The van der Waals surface area contributed by atoms with Crippen LogP contribution in [-0.2, 0) is 39.2 Å². The number of benzene rings is 16. The van der Waals surface area contributed by atoms with Crippen molar-refractivity contribution in [1.82, 2.24) is 30.4 Å². The number of ether oxygens (including phenoxy) is 2. The molecule has 21 heteroatoms. The van der Waals surface area contributed by atoms with Gasteiger partial charge in [0.1, 0.15) is 0 Å². The summed E-state index contributed by atoms with van der Waals surface area (Å²) in [5.74, 6) is -0.849. The summed E-state index contributed by atoms with van der Waals surface area (Å²) in [7, 11) is 0.595. The molecule has 0 atom stereocenters. The molecule has 672 valence electrons. The summed E-state index contributed by atoms with van der Waals surface area (Å²) in [6.07, 6.45) is 10.1. The van der Waals surface area contributed by atoms with E-state index in [-0.39, 0.29) is 49.9 Å². The predicted molar refractivity (Wildman–Crippen MR) is 567 cm³/mol. The van der Waals surface area contributed by atoms with E-state index in [1.54, 1.807) is 67.5 Å². The topological polar surface area (TPSA) is 194 Å². The van der Waals surface area contributed by atoms with Gasteiger partial charge in [0, 0.05) is 66.9 Å². The van der Waals surface area contributed by atoms with E-state index in [0.717, 1.165) is 26.4 Å². The Balaban J connectivity index is 0.000000127. The second kappa shape index (κ2) is 48.0. The van der Waals surface area contributed by atoms with Gasteiger partial charge in [0.05, 0.1) is 53.5 Å². The first kappa shape index (κ1) is 97.7. The smallest absolute Gasteiger partial charge is 0.465 e. The fourth-order valence-electron chi connectivity index (χ4n) is 15.4. The van der Waals surface area contributed by atoms with Gasteiger partial charge in [-0.1, -0.05) is 398 Å². The summed E-state index contributed by atoms with van der Waals surface area (Å²) in [6, 6.07) is 147. The third-order valence-corrected chi connectivity index (χ3v) is 32.8. The second-order valence-electron chi connectivity index (χ2n) is 31.8. The average molecular weight is 2000 g/mol. The molecule has 1 saturated heterocycles. The molecule has 0 bridgehead atoms. The number of H-pyrrole nitrogens is 4. The van der Waals surface area contributed by atoms with E-state index in [9.17, 15) is 19.2 Å². The zero-order valence-electron chi connectivity index (χ0n) is 75.1. The number of hydrogen-bond donors (Lipinski definition) is 4. The van der Waals surface area contributed by atoms with Gasteiger partial charge in [-0.25, -0.2) is 9.59 Å². The van der Waals surface area contributed by atoms with Crippen LogP contribution < -0.4 is 80.2 Å². The van der Waals surface area contributed by atoms with Crippen LogP contribution in [0.3, 0.4) is 0 Å². The largest absolute Gasteiger partial charge is 0.498 e. The van der Waals surface area contributed by atoms with Gasteiger partial charge in [0.15, 0.2) is 0 Å². The Labute approximate surface area is 814 Å². The number of halogens is 1. The SMILES string of the molecule is CC1(C)OB(c2cn[nH]c2)OC1(C)C.COC(=O)c1cc2cc[nH]c(=O)c2c2cc(-c3cn[nH]c3)ccc12.COC(=O)c1cc2cc[nH]c(=O)c2c2cc(Br)ccc12.[Pd].c1ccc(P(c2ccccc2)c2ccccc2)cc1.c1ccc(P(c2ccccc2)c2ccccc2)cc1.c1ccc(P(c2ccccc2)c2ccccc2)cc1.c1ccc(P(c2ccccc2)c2ccccc2)cc1. The Morgan fingerprint density at radius 2 is 0.578 bits per heavy atom. The van der Waals surface area contributed by atoms with Crippen LogP contribution in [0.15, 0.2) is 476 Å². The first-order chi connectivity index (χ1) is 65.5. The number of fused-ring (bicyclic) bond motifs is 6. The number of rotatable bonds is 16. The minimum Gasteiger partial charge on any atom is -0.465 e. The van der Waals surface area contributed by atoms with Crippen molar-refractivity contribution in [2.24, 2.45) is 0 Å². The Morgan fingerprint density at radius 3 is 0.830 bits per heavy atom. The molecule has 4 N–H and O–H groups in total. The maximum atomic E-state index is 12.4. The molecule has 0 spiro atoms. The van der Waals surface area contributed by atoms with Gasteiger partial charge in [-0.2, -0.15) is 10.2 Å². The van der Waals surface area contributed by atoms with E-state index in [4.69, 9.17) is 18.8 Å². The fourth-order valence-corrected chi connectivity index (χ4v) is 25.0. The van der Waals surface area contributed by atoms with Crippen LogP contribution in [0.4, 0.5) is 0 Å². The normalized spacial score (nSPS) is 12.0. The van der Waals surface area contributed by atoms with E-state index in [0.29, 0.717) is 48.8 Å². The predicted octanol–water partition coefficient (Wildman–Crippen LogP) is 20.6. The molecular weight excluding hydrogens is 1900 g/mol. The van der Waals surface area contributed by atoms with Crippen molar-refractivity contribution < 1.29 is 48.8 Å². The number of carbonyl (C=O) groups is 2. The molecule has 20 aromatic rings. The third-order valence-electron chi connectivity index (χ3n) is 22.6. The number of aromatic amines is 4. The van der Waals surface area contributed by atoms with E-state index in [2.05, 4.69) is 410 Å². The Bertz CT molecular complexity index is 6400. The van der Waals surface area contributed by atoms with Crippen molar-refractivity contribution in [2.45, 2.75) is 38.9 Å². The summed E-state index contributed by atoms with van der Waals surface area (Å²) in [4.78, 5) is 53.8. The van der Waals surface area contributed by atoms with Crippen molar-refractivity contribution in [2.75, 3.05) is 14.2 Å². The summed E-state index contributed by atoms with van der Waals surface area (Å²) in [5.41, 5.74) is 2.69. The molecule has 5 heterocycles. The molecule has 1 aliphatic heterocycles. The Hall–Kier alpha value is -13.3. The van der Waals surface area contributed by atoms with E-state index >= 15 is 0 Å². The number of hydrogen-bond acceptors (Lipinski definition) is 10. The number of pyridine rings is 2. The van der Waals surface area contributed by atoms with Gasteiger partial charge in [-0.05, 0) is 203 Å². The van der Waals surface area contributed by atoms with Crippen molar-refractivity contribution in [1.29, 1.82) is 0 Å². The first-order valence-corrected chi connectivity index (χ1v) is 49.8. The van der Waals surface area contributed by atoms with Crippen LogP contribution >= 0.6 is 47.6 Å². The van der Waals surface area contributed by atoms with Gasteiger partial charge in [0.25, 0.3) is 11.1 Å². The average Bonchev–Trinajstić information content (AvgIpc) is 1.49. The van der Waals surface area contributed by atoms with Crippen LogP contribution in [0.2, 0.25) is 0 Å². The molecule has 0 radical (unpaired) electrons. The standard InChI is InChI=1S/C18H13N3O3.4C18H15P.C15H10BrNO3.C9H15BN2O2.Pd/c1-24-18(23)15-7-11-4-5-19-17(22)16(11)14-6-10(2-3-13(14)15)12-8-20-21-9-12;4*1-4-10-16(11-5-1)19(17-12-6-2-7-13-17)18-14-8-3-9-15-18;1-20-15(19)12-6-8-4-5-17-14(18)13(8)11-7-9(16)2-3-10(11)12;1-8(2)9(3,4)14-10(13-8)7-5-11-12-6-7;/h2-9H,1H3,(H,19,22)(H,20,21);4*1-15H;2-7H,1H3,(H,17,18);5-6H,1-4H3,(H,11,12);. The summed E-state index contributed by atoms with van der Waals surface area (Å²) in [5, 5.41) is 35.4.